The van der Waals surface area contributed by atoms with Gasteiger partial charge >= 0.3 is 0 Å². The lowest BCUT2D eigenvalue weighted by Gasteiger charge is -2.20. The third kappa shape index (κ3) is 6.12. The van der Waals surface area contributed by atoms with Gasteiger partial charge in [0.25, 0.3) is 0 Å². The number of anilines is 1. The predicted molar refractivity (Wildman–Crippen MR) is 106 cm³/mol. The molecule has 0 radical (unpaired) electrons. The van der Waals surface area contributed by atoms with Crippen molar-refractivity contribution in [2.45, 2.75) is 26.3 Å². The van der Waals surface area contributed by atoms with E-state index < -0.39 is 10.0 Å². The first kappa shape index (κ1) is 20.4. The number of aryl methyl sites for hydroxylation is 1. The molecule has 0 aliphatic rings. The molecule has 2 rings (SSSR count). The molecule has 2 aromatic carbocycles. The summed E-state index contributed by atoms with van der Waals surface area (Å²) in [6.07, 6.45) is 2.04. The third-order valence-electron chi connectivity index (χ3n) is 4.00. The number of hydrogen-bond donors (Lipinski definition) is 1. The van der Waals surface area contributed by atoms with Crippen molar-refractivity contribution in [2.24, 2.45) is 0 Å². The van der Waals surface area contributed by atoms with Crippen LogP contribution in [0.1, 0.15) is 24.5 Å². The monoisotopic (exact) mass is 394 g/mol. The molecule has 0 aliphatic carbocycles. The molecule has 0 fully saturated rings. The second-order valence-electron chi connectivity index (χ2n) is 6.03. The highest BCUT2D eigenvalue weighted by Gasteiger charge is 2.18. The number of amides is 1. The average molecular weight is 395 g/mol. The Morgan fingerprint density at radius 1 is 1.12 bits per heavy atom. The molecule has 2 aromatic rings. The number of carbonyl (C=O) groups excluding carboxylic acids is 1. The Bertz CT molecular complexity index is 851. The van der Waals surface area contributed by atoms with E-state index in [0.29, 0.717) is 5.02 Å². The van der Waals surface area contributed by atoms with Gasteiger partial charge in [0.15, 0.2) is 0 Å². The van der Waals surface area contributed by atoms with Crippen molar-refractivity contribution < 1.29 is 13.2 Å². The summed E-state index contributed by atoms with van der Waals surface area (Å²) < 4.78 is 25.4. The smallest absolute Gasteiger partial charge is 0.225 e. The summed E-state index contributed by atoms with van der Waals surface area (Å²) in [4.78, 5) is 12.3. The maximum Gasteiger partial charge on any atom is 0.225 e. The van der Waals surface area contributed by atoms with Gasteiger partial charge < -0.3 is 5.32 Å². The molecule has 7 heteroatoms. The van der Waals surface area contributed by atoms with Gasteiger partial charge in [0.1, 0.15) is 0 Å². The first-order chi connectivity index (χ1) is 12.3. The molecule has 0 atom stereocenters. The topological polar surface area (TPSA) is 66.5 Å². The Morgan fingerprint density at radius 3 is 2.38 bits per heavy atom. The van der Waals surface area contributed by atoms with E-state index in [1.54, 1.807) is 24.3 Å². The first-order valence-electron chi connectivity index (χ1n) is 8.37. The molecule has 0 saturated heterocycles. The van der Waals surface area contributed by atoms with Crippen LogP contribution in [0.15, 0.2) is 48.5 Å². The minimum Gasteiger partial charge on any atom is -0.326 e. The number of sulfonamides is 1. The summed E-state index contributed by atoms with van der Waals surface area (Å²) in [5, 5.41) is 3.45. The van der Waals surface area contributed by atoms with Crippen molar-refractivity contribution in [3.8, 4) is 0 Å². The maximum absolute atomic E-state index is 12.3. The molecule has 1 N–H and O–H groups in total. The summed E-state index contributed by atoms with van der Waals surface area (Å²) in [6, 6.07) is 14.6. The lowest BCUT2D eigenvalue weighted by atomic mass is 10.1. The quantitative estimate of drug-likeness (QED) is 0.742. The van der Waals surface area contributed by atoms with Crippen molar-refractivity contribution in [1.29, 1.82) is 0 Å². The maximum atomic E-state index is 12.3. The third-order valence-corrected chi connectivity index (χ3v) is 5.50. The standard InChI is InChI=1S/C19H23ClN2O3S/c1-3-16-6-4-5-7-18(16)21-19(23)12-13-22(26(2,24)25)14-15-8-10-17(20)11-9-15/h4-11H,3,12-14H2,1-2H3,(H,21,23). The zero-order chi connectivity index (χ0) is 19.2. The number of carbonyl (C=O) groups is 1. The van der Waals surface area contributed by atoms with Gasteiger partial charge in [0.2, 0.25) is 15.9 Å². The fourth-order valence-electron chi connectivity index (χ4n) is 2.55. The molecule has 0 aliphatic heterocycles. The number of nitrogens with zero attached hydrogens (tertiary/aromatic N) is 1. The van der Waals surface area contributed by atoms with E-state index >= 15 is 0 Å². The summed E-state index contributed by atoms with van der Waals surface area (Å²) in [5.74, 6) is -0.212. The lowest BCUT2D eigenvalue weighted by Crippen LogP contribution is -2.32. The second kappa shape index (κ2) is 9.16. The number of para-hydroxylation sites is 1. The Labute approximate surface area is 160 Å². The van der Waals surface area contributed by atoms with Gasteiger partial charge in [-0.15, -0.1) is 0 Å². The van der Waals surface area contributed by atoms with Crippen molar-refractivity contribution in [3.05, 3.63) is 64.7 Å². The van der Waals surface area contributed by atoms with E-state index in [1.165, 1.54) is 4.31 Å². The minimum atomic E-state index is -3.43. The number of hydrogen-bond acceptors (Lipinski definition) is 3. The van der Waals surface area contributed by atoms with Crippen LogP contribution in [0.5, 0.6) is 0 Å². The van der Waals surface area contributed by atoms with E-state index in [9.17, 15) is 13.2 Å². The fourth-order valence-corrected chi connectivity index (χ4v) is 3.48. The summed E-state index contributed by atoms with van der Waals surface area (Å²) in [5.41, 5.74) is 2.63. The number of benzene rings is 2. The normalized spacial score (nSPS) is 11.5. The van der Waals surface area contributed by atoms with Crippen molar-refractivity contribution in [2.75, 3.05) is 18.1 Å². The second-order valence-corrected chi connectivity index (χ2v) is 8.45. The average Bonchev–Trinajstić information content (AvgIpc) is 2.59. The first-order valence-corrected chi connectivity index (χ1v) is 10.6. The van der Waals surface area contributed by atoms with Crippen molar-refractivity contribution >= 4 is 33.2 Å². The van der Waals surface area contributed by atoms with Gasteiger partial charge in [-0.3, -0.25) is 4.79 Å². The van der Waals surface area contributed by atoms with Gasteiger partial charge in [-0.25, -0.2) is 8.42 Å². The fraction of sp³-hybridized carbons (Fsp3) is 0.316. The van der Waals surface area contributed by atoms with E-state index in [0.717, 1.165) is 29.5 Å². The zero-order valence-corrected chi connectivity index (χ0v) is 16.5. The highest BCUT2D eigenvalue weighted by atomic mass is 35.5. The zero-order valence-electron chi connectivity index (χ0n) is 14.9. The van der Waals surface area contributed by atoms with Crippen molar-refractivity contribution in [3.63, 3.8) is 0 Å². The lowest BCUT2D eigenvalue weighted by molar-refractivity contribution is -0.116. The highest BCUT2D eigenvalue weighted by molar-refractivity contribution is 7.88. The summed E-state index contributed by atoms with van der Waals surface area (Å²) in [7, 11) is -3.43. The van der Waals surface area contributed by atoms with Crippen LogP contribution in [-0.2, 0) is 27.8 Å². The molecular formula is C19H23ClN2O3S. The summed E-state index contributed by atoms with van der Waals surface area (Å²) >= 11 is 5.86. The molecular weight excluding hydrogens is 372 g/mol. The van der Waals surface area contributed by atoms with Gasteiger partial charge in [-0.1, -0.05) is 48.9 Å². The Morgan fingerprint density at radius 2 is 1.77 bits per heavy atom. The number of nitrogens with one attached hydrogen (secondary N) is 1. The van der Waals surface area contributed by atoms with E-state index in [1.807, 2.05) is 31.2 Å². The molecule has 26 heavy (non-hydrogen) atoms. The van der Waals surface area contributed by atoms with Gasteiger partial charge in [-0.05, 0) is 35.7 Å². The molecule has 140 valence electrons. The predicted octanol–water partition coefficient (Wildman–Crippen LogP) is 3.69. The van der Waals surface area contributed by atoms with Crippen LogP contribution in [0.25, 0.3) is 0 Å². The van der Waals surface area contributed by atoms with Crippen LogP contribution < -0.4 is 5.32 Å². The van der Waals surface area contributed by atoms with Crippen LogP contribution in [0, 0.1) is 0 Å². The minimum absolute atomic E-state index is 0.0821. The van der Waals surface area contributed by atoms with Crippen LogP contribution in [0.2, 0.25) is 5.02 Å². The van der Waals surface area contributed by atoms with Crippen LogP contribution >= 0.6 is 11.6 Å². The summed E-state index contributed by atoms with van der Waals surface area (Å²) in [6.45, 7) is 2.33. The van der Waals surface area contributed by atoms with Crippen molar-refractivity contribution in [1.82, 2.24) is 4.31 Å². The van der Waals surface area contributed by atoms with E-state index in [4.69, 9.17) is 11.6 Å². The van der Waals surface area contributed by atoms with Gasteiger partial charge in [0.05, 0.1) is 6.26 Å². The van der Waals surface area contributed by atoms with Gasteiger partial charge in [-0.2, -0.15) is 4.31 Å². The largest absolute Gasteiger partial charge is 0.326 e. The Balaban J connectivity index is 2.00. The van der Waals surface area contributed by atoms with E-state index in [-0.39, 0.29) is 25.4 Å². The van der Waals surface area contributed by atoms with Crippen LogP contribution in [0.4, 0.5) is 5.69 Å². The Hall–Kier alpha value is -1.89. The molecule has 0 aromatic heterocycles. The molecule has 0 bridgehead atoms. The molecule has 0 spiro atoms. The Kier molecular flexibility index (Phi) is 7.20. The van der Waals surface area contributed by atoms with E-state index in [2.05, 4.69) is 5.32 Å². The number of rotatable bonds is 8. The molecule has 5 nitrogen and oxygen atoms in total. The van der Waals surface area contributed by atoms with Crippen LogP contribution in [-0.4, -0.2) is 31.4 Å². The molecule has 1 amide bonds. The van der Waals surface area contributed by atoms with Crippen LogP contribution in [0.3, 0.4) is 0 Å². The van der Waals surface area contributed by atoms with Gasteiger partial charge in [0, 0.05) is 30.2 Å². The molecule has 0 saturated carbocycles. The highest BCUT2D eigenvalue weighted by Crippen LogP contribution is 2.17. The SMILES string of the molecule is CCc1ccccc1NC(=O)CCN(Cc1ccc(Cl)cc1)S(C)(=O)=O. The molecule has 0 heterocycles. The number of halogens is 1. The molecule has 0 unspecified atom stereocenters.